The van der Waals surface area contributed by atoms with Crippen LogP contribution in [0.3, 0.4) is 0 Å². The lowest BCUT2D eigenvalue weighted by molar-refractivity contribution is 0.536. The number of hydrogen-bond acceptors (Lipinski definition) is 3. The summed E-state index contributed by atoms with van der Waals surface area (Å²) in [7, 11) is 0. The molecule has 0 bridgehead atoms. The second kappa shape index (κ2) is 8.13. The van der Waals surface area contributed by atoms with E-state index < -0.39 is 0 Å². The maximum Gasteiger partial charge on any atom is 0.161 e. The average molecular weight is 480 g/mol. The predicted molar refractivity (Wildman–Crippen MR) is 151 cm³/mol. The number of nitrogens with zero attached hydrogens (tertiary/aromatic N) is 1. The van der Waals surface area contributed by atoms with Gasteiger partial charge in [-0.15, -0.1) is 11.8 Å². The molecular formula is C32H33NOS. The summed E-state index contributed by atoms with van der Waals surface area (Å²) in [6.07, 6.45) is 3.19. The Balaban J connectivity index is 1.59. The Kier molecular flexibility index (Phi) is 5.27. The van der Waals surface area contributed by atoms with Gasteiger partial charge in [0.1, 0.15) is 11.3 Å². The molecule has 0 fully saturated rings. The van der Waals surface area contributed by atoms with Gasteiger partial charge in [-0.2, -0.15) is 0 Å². The second-order valence-electron chi connectivity index (χ2n) is 11.6. The molecule has 2 unspecified atom stereocenters. The van der Waals surface area contributed by atoms with E-state index in [1.54, 1.807) is 0 Å². The minimum atomic E-state index is 0.0241. The summed E-state index contributed by atoms with van der Waals surface area (Å²) in [4.78, 5) is 6.28. The third kappa shape index (κ3) is 3.67. The number of rotatable bonds is 3. The van der Waals surface area contributed by atoms with Gasteiger partial charge in [-0.25, -0.2) is 0 Å². The van der Waals surface area contributed by atoms with Gasteiger partial charge >= 0.3 is 0 Å². The standard InChI is InChI=1S/C32H33NOS/c1-18(2)15-27-19(3)28-26(35-27)12-11-25-29(28)23-13-14-33-30(31(23)34-25)21-16-20-9-7-8-10-22(20)24(17-21)32(4,5)6/h7-14,16-19,27H,15H2,1-6H3. The Bertz CT molecular complexity index is 1590. The van der Waals surface area contributed by atoms with Crippen molar-refractivity contribution < 1.29 is 4.42 Å². The molecule has 178 valence electrons. The van der Waals surface area contributed by atoms with Crippen LogP contribution in [0.25, 0.3) is 44.0 Å². The summed E-state index contributed by atoms with van der Waals surface area (Å²) in [5.41, 5.74) is 6.75. The SMILES string of the molecule is CC(C)CC1Sc2ccc3oc4c(-c5cc(C(C)(C)C)c6ccccc6c5)nccc4c3c2C1C. The number of hydrogen-bond donors (Lipinski definition) is 0. The van der Waals surface area contributed by atoms with E-state index in [4.69, 9.17) is 9.40 Å². The molecule has 2 atom stereocenters. The number of fused-ring (bicyclic) bond motifs is 6. The van der Waals surface area contributed by atoms with Crippen molar-refractivity contribution in [2.45, 2.75) is 69.4 Å². The molecule has 3 aromatic carbocycles. The molecule has 1 aliphatic heterocycles. The van der Waals surface area contributed by atoms with Gasteiger partial charge in [-0.05, 0) is 75.9 Å². The number of benzene rings is 3. The van der Waals surface area contributed by atoms with Crippen molar-refractivity contribution in [3.05, 3.63) is 71.9 Å². The fraction of sp³-hybridized carbons (Fsp3) is 0.344. The zero-order valence-corrected chi connectivity index (χ0v) is 22.3. The Morgan fingerprint density at radius 3 is 2.57 bits per heavy atom. The molecule has 2 nitrogen and oxygen atoms in total. The van der Waals surface area contributed by atoms with Crippen LogP contribution < -0.4 is 0 Å². The van der Waals surface area contributed by atoms with Crippen molar-refractivity contribution in [3.8, 4) is 11.3 Å². The summed E-state index contributed by atoms with van der Waals surface area (Å²) in [6.45, 7) is 13.9. The predicted octanol–water partition coefficient (Wildman–Crippen LogP) is 9.72. The molecule has 0 saturated heterocycles. The first-order valence-electron chi connectivity index (χ1n) is 12.8. The molecule has 35 heavy (non-hydrogen) atoms. The van der Waals surface area contributed by atoms with Crippen molar-refractivity contribution in [2.75, 3.05) is 0 Å². The van der Waals surface area contributed by atoms with E-state index in [9.17, 15) is 0 Å². The lowest BCUT2D eigenvalue weighted by atomic mass is 9.82. The highest BCUT2D eigenvalue weighted by atomic mass is 32.2. The molecule has 0 radical (unpaired) electrons. The Morgan fingerprint density at radius 2 is 1.80 bits per heavy atom. The minimum Gasteiger partial charge on any atom is -0.454 e. The summed E-state index contributed by atoms with van der Waals surface area (Å²) in [5.74, 6) is 1.20. The first-order chi connectivity index (χ1) is 16.7. The van der Waals surface area contributed by atoms with E-state index in [1.807, 2.05) is 18.0 Å². The average Bonchev–Trinajstić information content (AvgIpc) is 3.34. The van der Waals surface area contributed by atoms with Gasteiger partial charge in [0, 0.05) is 32.7 Å². The highest BCUT2D eigenvalue weighted by Gasteiger charge is 2.33. The minimum absolute atomic E-state index is 0.0241. The number of aromatic nitrogens is 1. The summed E-state index contributed by atoms with van der Waals surface area (Å²) in [6, 6.07) is 19.8. The van der Waals surface area contributed by atoms with Crippen molar-refractivity contribution in [2.24, 2.45) is 5.92 Å². The van der Waals surface area contributed by atoms with Gasteiger partial charge in [0.15, 0.2) is 5.58 Å². The second-order valence-corrected chi connectivity index (χ2v) is 12.8. The van der Waals surface area contributed by atoms with E-state index in [0.717, 1.165) is 22.4 Å². The Morgan fingerprint density at radius 1 is 1.00 bits per heavy atom. The first-order valence-corrected chi connectivity index (χ1v) is 13.6. The lowest BCUT2D eigenvalue weighted by Gasteiger charge is -2.22. The van der Waals surface area contributed by atoms with E-state index in [-0.39, 0.29) is 5.41 Å². The van der Waals surface area contributed by atoms with E-state index in [0.29, 0.717) is 17.1 Å². The van der Waals surface area contributed by atoms with Crippen molar-refractivity contribution in [1.29, 1.82) is 0 Å². The normalized spacial score (nSPS) is 18.3. The van der Waals surface area contributed by atoms with Crippen LogP contribution in [0.2, 0.25) is 0 Å². The zero-order chi connectivity index (χ0) is 24.5. The molecule has 0 N–H and O–H groups in total. The molecule has 1 aliphatic rings. The fourth-order valence-electron chi connectivity index (χ4n) is 5.80. The quantitative estimate of drug-likeness (QED) is 0.257. The number of furan rings is 1. The monoisotopic (exact) mass is 479 g/mol. The summed E-state index contributed by atoms with van der Waals surface area (Å²) >= 11 is 2.05. The van der Waals surface area contributed by atoms with Crippen LogP contribution >= 0.6 is 11.8 Å². The summed E-state index contributed by atoms with van der Waals surface area (Å²) in [5, 5.41) is 5.64. The van der Waals surface area contributed by atoms with E-state index in [1.165, 1.54) is 44.0 Å². The van der Waals surface area contributed by atoms with Crippen LogP contribution in [0, 0.1) is 5.92 Å². The molecule has 2 aromatic heterocycles. The van der Waals surface area contributed by atoms with Crippen LogP contribution in [0.4, 0.5) is 0 Å². The summed E-state index contributed by atoms with van der Waals surface area (Å²) < 4.78 is 6.59. The molecule has 3 heteroatoms. The maximum absolute atomic E-state index is 6.59. The van der Waals surface area contributed by atoms with Crippen molar-refractivity contribution >= 4 is 44.5 Å². The third-order valence-electron chi connectivity index (χ3n) is 7.49. The van der Waals surface area contributed by atoms with Crippen LogP contribution in [0.1, 0.15) is 65.0 Å². The van der Waals surface area contributed by atoms with Gasteiger partial charge in [0.05, 0.1) is 0 Å². The van der Waals surface area contributed by atoms with Gasteiger partial charge in [0.2, 0.25) is 0 Å². The molecule has 0 spiro atoms. The van der Waals surface area contributed by atoms with Gasteiger partial charge in [-0.1, -0.05) is 65.8 Å². The van der Waals surface area contributed by atoms with Crippen LogP contribution in [-0.2, 0) is 5.41 Å². The topological polar surface area (TPSA) is 26.0 Å². The van der Waals surface area contributed by atoms with Gasteiger partial charge < -0.3 is 4.42 Å². The van der Waals surface area contributed by atoms with Gasteiger partial charge in [0.25, 0.3) is 0 Å². The van der Waals surface area contributed by atoms with E-state index in [2.05, 4.69) is 96.1 Å². The van der Waals surface area contributed by atoms with E-state index >= 15 is 0 Å². The Labute approximate surface area is 212 Å². The maximum atomic E-state index is 6.59. The number of thioether (sulfide) groups is 1. The van der Waals surface area contributed by atoms with Crippen molar-refractivity contribution in [3.63, 3.8) is 0 Å². The highest BCUT2D eigenvalue weighted by Crippen LogP contribution is 2.52. The molecular weight excluding hydrogens is 446 g/mol. The fourth-order valence-corrected chi connectivity index (χ4v) is 7.51. The molecule has 0 saturated carbocycles. The molecule has 0 amide bonds. The van der Waals surface area contributed by atoms with Gasteiger partial charge in [-0.3, -0.25) is 4.98 Å². The zero-order valence-electron chi connectivity index (χ0n) is 21.5. The van der Waals surface area contributed by atoms with Crippen LogP contribution in [0.5, 0.6) is 0 Å². The van der Waals surface area contributed by atoms with Crippen LogP contribution in [0.15, 0.2) is 70.1 Å². The molecule has 6 rings (SSSR count). The highest BCUT2D eigenvalue weighted by molar-refractivity contribution is 8.00. The smallest absolute Gasteiger partial charge is 0.161 e. The number of pyridine rings is 1. The Hall–Kier alpha value is -2.78. The molecule has 3 heterocycles. The third-order valence-corrected chi connectivity index (χ3v) is 9.00. The molecule has 0 aliphatic carbocycles. The van der Waals surface area contributed by atoms with Crippen LogP contribution in [-0.4, -0.2) is 10.2 Å². The molecule has 5 aromatic rings. The first kappa shape index (κ1) is 22.7. The largest absolute Gasteiger partial charge is 0.454 e. The lowest BCUT2D eigenvalue weighted by Crippen LogP contribution is -2.12. The van der Waals surface area contributed by atoms with Crippen molar-refractivity contribution in [1.82, 2.24) is 4.98 Å².